The Bertz CT molecular complexity index is 813. The second kappa shape index (κ2) is 6.33. The van der Waals surface area contributed by atoms with Crippen LogP contribution in [0.25, 0.3) is 10.8 Å². The molecule has 0 fully saturated rings. The summed E-state index contributed by atoms with van der Waals surface area (Å²) in [7, 11) is 0. The SMILES string of the molecule is Cc1nc(C)c(-c2nnc(SCc3csc(C(C)(C)C)n3)o2)s1. The molecule has 0 aliphatic carbocycles. The lowest BCUT2D eigenvalue weighted by atomic mass is 9.98. The van der Waals surface area contributed by atoms with Crippen molar-refractivity contribution in [2.75, 3.05) is 0 Å². The molecule has 3 aromatic heterocycles. The van der Waals surface area contributed by atoms with Crippen LogP contribution in [-0.4, -0.2) is 20.2 Å². The predicted octanol–water partition coefficient (Wildman–Crippen LogP) is 4.86. The van der Waals surface area contributed by atoms with E-state index in [1.165, 1.54) is 11.8 Å². The summed E-state index contributed by atoms with van der Waals surface area (Å²) in [5.41, 5.74) is 2.07. The van der Waals surface area contributed by atoms with E-state index >= 15 is 0 Å². The van der Waals surface area contributed by atoms with E-state index in [1.807, 2.05) is 13.8 Å². The molecule has 0 bridgehead atoms. The Kier molecular flexibility index (Phi) is 4.57. The molecule has 0 N–H and O–H groups in total. The van der Waals surface area contributed by atoms with Crippen molar-refractivity contribution in [3.05, 3.63) is 26.8 Å². The van der Waals surface area contributed by atoms with Crippen LogP contribution in [0.2, 0.25) is 0 Å². The van der Waals surface area contributed by atoms with Crippen LogP contribution in [-0.2, 0) is 11.2 Å². The van der Waals surface area contributed by atoms with Gasteiger partial charge in [-0.15, -0.1) is 32.9 Å². The zero-order chi connectivity index (χ0) is 16.6. The molecule has 0 spiro atoms. The molecule has 0 aromatic carbocycles. The maximum Gasteiger partial charge on any atom is 0.277 e. The molecule has 5 nitrogen and oxygen atoms in total. The number of aromatic nitrogens is 4. The van der Waals surface area contributed by atoms with Crippen LogP contribution in [0.15, 0.2) is 15.0 Å². The fraction of sp³-hybridized carbons (Fsp3) is 0.467. The third-order valence-corrected chi connectivity index (χ3v) is 6.27. The average molecular weight is 367 g/mol. The number of thioether (sulfide) groups is 1. The van der Waals surface area contributed by atoms with E-state index in [0.29, 0.717) is 11.1 Å². The van der Waals surface area contributed by atoms with Gasteiger partial charge in [-0.1, -0.05) is 32.5 Å². The fourth-order valence-electron chi connectivity index (χ4n) is 1.94. The second-order valence-electron chi connectivity index (χ2n) is 6.20. The predicted molar refractivity (Wildman–Crippen MR) is 95.3 cm³/mol. The highest BCUT2D eigenvalue weighted by Crippen LogP contribution is 2.32. The van der Waals surface area contributed by atoms with Crippen molar-refractivity contribution in [3.63, 3.8) is 0 Å². The number of rotatable bonds is 4. The standard InChI is InChI=1S/C15H18N4OS3/c1-8-11(23-9(2)16-8)12-18-19-14(20-12)22-7-10-6-21-13(17-10)15(3,4)5/h6H,7H2,1-5H3. The third-order valence-electron chi connectivity index (χ3n) is 3.04. The number of aryl methyl sites for hydroxylation is 2. The molecular weight excluding hydrogens is 348 g/mol. The molecular formula is C15H18N4OS3. The number of hydrogen-bond donors (Lipinski definition) is 0. The summed E-state index contributed by atoms with van der Waals surface area (Å²) < 4.78 is 5.75. The lowest BCUT2D eigenvalue weighted by molar-refractivity contribution is 0.466. The molecule has 0 saturated carbocycles. The Morgan fingerprint density at radius 2 is 1.96 bits per heavy atom. The first-order chi connectivity index (χ1) is 10.8. The molecule has 3 aromatic rings. The van der Waals surface area contributed by atoms with Gasteiger partial charge in [-0.25, -0.2) is 9.97 Å². The van der Waals surface area contributed by atoms with Crippen molar-refractivity contribution in [1.82, 2.24) is 20.2 Å². The number of hydrogen-bond acceptors (Lipinski definition) is 8. The van der Waals surface area contributed by atoms with Gasteiger partial charge in [0.15, 0.2) is 0 Å². The first-order valence-corrected chi connectivity index (χ1v) is 9.86. The van der Waals surface area contributed by atoms with Crippen molar-refractivity contribution in [2.24, 2.45) is 0 Å². The minimum atomic E-state index is 0.0901. The summed E-state index contributed by atoms with van der Waals surface area (Å²) in [6.07, 6.45) is 0. The highest BCUT2D eigenvalue weighted by atomic mass is 32.2. The molecule has 3 rings (SSSR count). The van der Waals surface area contributed by atoms with Crippen LogP contribution in [0, 0.1) is 13.8 Å². The van der Waals surface area contributed by atoms with Gasteiger partial charge in [-0.3, -0.25) is 0 Å². The van der Waals surface area contributed by atoms with Crippen LogP contribution in [0.3, 0.4) is 0 Å². The van der Waals surface area contributed by atoms with Crippen LogP contribution < -0.4 is 0 Å². The minimum Gasteiger partial charge on any atom is -0.410 e. The van der Waals surface area contributed by atoms with Crippen molar-refractivity contribution in [1.29, 1.82) is 0 Å². The van der Waals surface area contributed by atoms with Gasteiger partial charge in [-0.05, 0) is 13.8 Å². The maximum atomic E-state index is 5.75. The summed E-state index contributed by atoms with van der Waals surface area (Å²) in [6, 6.07) is 0. The van der Waals surface area contributed by atoms with E-state index < -0.39 is 0 Å². The van der Waals surface area contributed by atoms with Crippen LogP contribution >= 0.6 is 34.4 Å². The summed E-state index contributed by atoms with van der Waals surface area (Å²) >= 11 is 4.79. The molecule has 0 radical (unpaired) electrons. The molecule has 0 aliphatic heterocycles. The highest BCUT2D eigenvalue weighted by molar-refractivity contribution is 7.98. The van der Waals surface area contributed by atoms with Gasteiger partial charge in [0.25, 0.3) is 11.1 Å². The Morgan fingerprint density at radius 1 is 1.17 bits per heavy atom. The minimum absolute atomic E-state index is 0.0901. The molecule has 3 heterocycles. The van der Waals surface area contributed by atoms with Gasteiger partial charge >= 0.3 is 0 Å². The van der Waals surface area contributed by atoms with Crippen LogP contribution in [0.5, 0.6) is 0 Å². The van der Waals surface area contributed by atoms with Crippen LogP contribution in [0.4, 0.5) is 0 Å². The Balaban J connectivity index is 1.68. The van der Waals surface area contributed by atoms with E-state index in [2.05, 4.69) is 46.3 Å². The van der Waals surface area contributed by atoms with Gasteiger partial charge in [0, 0.05) is 16.5 Å². The zero-order valence-corrected chi connectivity index (χ0v) is 16.2. The number of thiazole rings is 2. The zero-order valence-electron chi connectivity index (χ0n) is 13.7. The van der Waals surface area contributed by atoms with E-state index in [1.54, 1.807) is 22.7 Å². The summed E-state index contributed by atoms with van der Waals surface area (Å²) in [5, 5.41) is 13.1. The molecule has 0 atom stereocenters. The monoisotopic (exact) mass is 366 g/mol. The maximum absolute atomic E-state index is 5.75. The molecule has 8 heteroatoms. The van der Waals surface area contributed by atoms with E-state index in [9.17, 15) is 0 Å². The van der Waals surface area contributed by atoms with E-state index in [0.717, 1.165) is 32.0 Å². The smallest absolute Gasteiger partial charge is 0.277 e. The first kappa shape index (κ1) is 16.6. The Labute approximate surface area is 147 Å². The quantitative estimate of drug-likeness (QED) is 0.615. The van der Waals surface area contributed by atoms with Gasteiger partial charge in [0.1, 0.15) is 4.88 Å². The molecule has 0 amide bonds. The molecule has 0 aliphatic rings. The topological polar surface area (TPSA) is 64.7 Å². The molecule has 0 saturated heterocycles. The average Bonchev–Trinajstić information content (AvgIpc) is 3.15. The molecule has 0 unspecified atom stereocenters. The largest absolute Gasteiger partial charge is 0.410 e. The summed E-state index contributed by atoms with van der Waals surface area (Å²) in [4.78, 5) is 10.0. The number of nitrogens with zero attached hydrogens (tertiary/aromatic N) is 4. The van der Waals surface area contributed by atoms with Crippen molar-refractivity contribution in [3.8, 4) is 10.8 Å². The summed E-state index contributed by atoms with van der Waals surface area (Å²) in [6.45, 7) is 10.5. The second-order valence-corrected chi connectivity index (χ2v) is 9.19. The van der Waals surface area contributed by atoms with Crippen molar-refractivity contribution >= 4 is 34.4 Å². The summed E-state index contributed by atoms with van der Waals surface area (Å²) in [5.74, 6) is 1.28. The fourth-order valence-corrected chi connectivity index (χ4v) is 4.45. The highest BCUT2D eigenvalue weighted by Gasteiger charge is 2.19. The van der Waals surface area contributed by atoms with Crippen molar-refractivity contribution in [2.45, 2.75) is 51.0 Å². The molecule has 23 heavy (non-hydrogen) atoms. The first-order valence-electron chi connectivity index (χ1n) is 7.18. The van der Waals surface area contributed by atoms with Gasteiger partial charge in [0.2, 0.25) is 0 Å². The molecule has 122 valence electrons. The Morgan fingerprint density at radius 3 is 2.57 bits per heavy atom. The van der Waals surface area contributed by atoms with Gasteiger partial charge in [0.05, 0.1) is 21.4 Å². The normalized spacial score (nSPS) is 12.0. The lowest BCUT2D eigenvalue weighted by Crippen LogP contribution is -2.10. The van der Waals surface area contributed by atoms with Crippen molar-refractivity contribution < 1.29 is 4.42 Å². The Hall–Kier alpha value is -1.25. The van der Waals surface area contributed by atoms with Crippen LogP contribution in [0.1, 0.15) is 42.2 Å². The lowest BCUT2D eigenvalue weighted by Gasteiger charge is -2.13. The third kappa shape index (κ3) is 3.81. The van der Waals surface area contributed by atoms with Gasteiger partial charge < -0.3 is 4.42 Å². The van der Waals surface area contributed by atoms with E-state index in [-0.39, 0.29) is 5.41 Å². The van der Waals surface area contributed by atoms with Gasteiger partial charge in [-0.2, -0.15) is 0 Å². The van der Waals surface area contributed by atoms with E-state index in [4.69, 9.17) is 4.42 Å².